The third-order valence-corrected chi connectivity index (χ3v) is 3.72. The van der Waals surface area contributed by atoms with Crippen LogP contribution in [0.25, 0.3) is 0 Å². The molecule has 9 nitrogen and oxygen atoms in total. The Morgan fingerprint density at radius 3 is 2.50 bits per heavy atom. The van der Waals surface area contributed by atoms with Gasteiger partial charge in [-0.15, -0.1) is 0 Å². The number of nitriles is 1. The molecule has 10 heteroatoms. The predicted octanol–water partition coefficient (Wildman–Crippen LogP) is 3.03. The fraction of sp³-hybridized carbons (Fsp3) is 0.0556. The number of methoxy groups -OCH3 is 1. The minimum atomic E-state index is -0.921. The summed E-state index contributed by atoms with van der Waals surface area (Å²) in [6.45, 7) is 0. The normalized spacial score (nSPS) is 10.5. The van der Waals surface area contributed by atoms with E-state index in [-0.39, 0.29) is 28.3 Å². The standard InChI is InChI=1S/C18H13ClN4O5/c1-28-16-8-14(23(26)27)6-7-15(16)21-10-12(9-20)18(25)22-17(24)11-2-4-13(19)5-3-11/h2-8,10,21H,1H3,(H,22,24,25). The van der Waals surface area contributed by atoms with Crippen LogP contribution in [0.1, 0.15) is 10.4 Å². The molecule has 2 amide bonds. The lowest BCUT2D eigenvalue weighted by molar-refractivity contribution is -0.384. The van der Waals surface area contributed by atoms with E-state index >= 15 is 0 Å². The van der Waals surface area contributed by atoms with Crippen LogP contribution in [-0.2, 0) is 4.79 Å². The van der Waals surface area contributed by atoms with Crippen molar-refractivity contribution in [2.75, 3.05) is 12.4 Å². The van der Waals surface area contributed by atoms with Crippen molar-refractivity contribution in [2.45, 2.75) is 0 Å². The van der Waals surface area contributed by atoms with Gasteiger partial charge in [0.1, 0.15) is 17.4 Å². The minimum Gasteiger partial charge on any atom is -0.494 e. The zero-order valence-electron chi connectivity index (χ0n) is 14.4. The summed E-state index contributed by atoms with van der Waals surface area (Å²) < 4.78 is 5.05. The van der Waals surface area contributed by atoms with Gasteiger partial charge in [-0.25, -0.2) is 0 Å². The Balaban J connectivity index is 2.14. The average Bonchev–Trinajstić information content (AvgIpc) is 2.68. The van der Waals surface area contributed by atoms with Gasteiger partial charge in [-0.3, -0.25) is 25.0 Å². The number of hydrogen-bond acceptors (Lipinski definition) is 7. The highest BCUT2D eigenvalue weighted by Gasteiger charge is 2.15. The molecule has 142 valence electrons. The molecule has 0 unspecified atom stereocenters. The molecular formula is C18H13ClN4O5. The summed E-state index contributed by atoms with van der Waals surface area (Å²) >= 11 is 5.74. The molecule has 0 aliphatic rings. The number of nitro groups is 1. The summed E-state index contributed by atoms with van der Waals surface area (Å²) in [5, 5.41) is 25.1. The molecule has 2 aromatic rings. The molecule has 0 aromatic heterocycles. The summed E-state index contributed by atoms with van der Waals surface area (Å²) in [6.07, 6.45) is 1.06. The zero-order chi connectivity index (χ0) is 20.7. The Hall–Kier alpha value is -3.90. The van der Waals surface area contributed by atoms with Gasteiger partial charge in [-0.2, -0.15) is 5.26 Å². The number of ether oxygens (including phenoxy) is 1. The zero-order valence-corrected chi connectivity index (χ0v) is 15.2. The molecule has 0 fully saturated rings. The maximum Gasteiger partial charge on any atom is 0.273 e. The number of benzene rings is 2. The SMILES string of the molecule is COc1cc([N+](=O)[O-])ccc1NC=C(C#N)C(=O)NC(=O)c1ccc(Cl)cc1. The highest BCUT2D eigenvalue weighted by atomic mass is 35.5. The van der Waals surface area contributed by atoms with Crippen LogP contribution in [0.5, 0.6) is 5.75 Å². The third-order valence-electron chi connectivity index (χ3n) is 3.47. The van der Waals surface area contributed by atoms with Crippen LogP contribution in [-0.4, -0.2) is 23.8 Å². The quantitative estimate of drug-likeness (QED) is 0.329. The molecule has 0 saturated carbocycles. The van der Waals surface area contributed by atoms with Gasteiger partial charge in [-0.05, 0) is 30.3 Å². The molecule has 0 spiro atoms. The van der Waals surface area contributed by atoms with E-state index in [1.165, 1.54) is 49.6 Å². The molecule has 0 bridgehead atoms. The molecule has 2 N–H and O–H groups in total. The van der Waals surface area contributed by atoms with Crippen molar-refractivity contribution in [3.05, 3.63) is 74.9 Å². The number of hydrogen-bond donors (Lipinski definition) is 2. The first kappa shape index (κ1) is 20.4. The number of imide groups is 1. The number of nitrogens with zero attached hydrogens (tertiary/aromatic N) is 2. The third kappa shape index (κ3) is 5.06. The van der Waals surface area contributed by atoms with Crippen LogP contribution in [0.3, 0.4) is 0 Å². The molecule has 2 aromatic carbocycles. The molecule has 28 heavy (non-hydrogen) atoms. The van der Waals surface area contributed by atoms with E-state index in [4.69, 9.17) is 21.6 Å². The summed E-state index contributed by atoms with van der Waals surface area (Å²) in [7, 11) is 1.32. The lowest BCUT2D eigenvalue weighted by Gasteiger charge is -2.08. The van der Waals surface area contributed by atoms with E-state index in [1.54, 1.807) is 6.07 Å². The number of amides is 2. The topological polar surface area (TPSA) is 134 Å². The lowest BCUT2D eigenvalue weighted by atomic mass is 10.2. The Bertz CT molecular complexity index is 996. The molecule has 2 rings (SSSR count). The van der Waals surface area contributed by atoms with Crippen molar-refractivity contribution in [3.8, 4) is 11.8 Å². The van der Waals surface area contributed by atoms with Crippen molar-refractivity contribution in [3.63, 3.8) is 0 Å². The van der Waals surface area contributed by atoms with Gasteiger partial charge in [0.15, 0.2) is 0 Å². The van der Waals surface area contributed by atoms with E-state index < -0.39 is 16.7 Å². The number of nitro benzene ring substituents is 1. The molecule has 0 aliphatic heterocycles. The van der Waals surface area contributed by atoms with Gasteiger partial charge in [0.25, 0.3) is 17.5 Å². The number of carbonyl (C=O) groups is 2. The molecule has 0 aliphatic carbocycles. The number of rotatable bonds is 6. The first-order valence-corrected chi connectivity index (χ1v) is 8.04. The summed E-state index contributed by atoms with van der Waals surface area (Å²) in [5.74, 6) is -1.48. The first-order chi connectivity index (χ1) is 13.3. The Morgan fingerprint density at radius 1 is 1.25 bits per heavy atom. The average molecular weight is 401 g/mol. The van der Waals surface area contributed by atoms with Crippen molar-refractivity contribution in [1.82, 2.24) is 5.32 Å². The summed E-state index contributed by atoms with van der Waals surface area (Å²) in [4.78, 5) is 34.4. The summed E-state index contributed by atoms with van der Waals surface area (Å²) in [5.41, 5.74) is -0.0846. The van der Waals surface area contributed by atoms with E-state index in [1.807, 2.05) is 0 Å². The Morgan fingerprint density at radius 2 is 1.93 bits per heavy atom. The predicted molar refractivity (Wildman–Crippen MR) is 101 cm³/mol. The maximum atomic E-state index is 12.1. The monoisotopic (exact) mass is 400 g/mol. The van der Waals surface area contributed by atoms with Crippen LogP contribution < -0.4 is 15.4 Å². The number of non-ortho nitro benzene ring substituents is 1. The van der Waals surface area contributed by atoms with Gasteiger partial charge < -0.3 is 10.1 Å². The second-order valence-corrected chi connectivity index (χ2v) is 5.68. The second kappa shape index (κ2) is 9.16. The first-order valence-electron chi connectivity index (χ1n) is 7.66. The molecule has 0 heterocycles. The van der Waals surface area contributed by atoms with Crippen LogP contribution in [0.15, 0.2) is 54.2 Å². The Kier molecular flexibility index (Phi) is 6.68. The van der Waals surface area contributed by atoms with E-state index in [0.29, 0.717) is 5.02 Å². The van der Waals surface area contributed by atoms with Crippen molar-refractivity contribution in [2.24, 2.45) is 0 Å². The molecule has 0 radical (unpaired) electrons. The highest BCUT2D eigenvalue weighted by molar-refractivity contribution is 6.30. The number of nitrogens with one attached hydrogen (secondary N) is 2. The van der Waals surface area contributed by atoms with Crippen LogP contribution >= 0.6 is 11.6 Å². The van der Waals surface area contributed by atoms with Crippen molar-refractivity contribution < 1.29 is 19.2 Å². The van der Waals surface area contributed by atoms with Crippen molar-refractivity contribution in [1.29, 1.82) is 5.26 Å². The lowest BCUT2D eigenvalue weighted by Crippen LogP contribution is -2.31. The highest BCUT2D eigenvalue weighted by Crippen LogP contribution is 2.29. The van der Waals surface area contributed by atoms with E-state index in [0.717, 1.165) is 6.20 Å². The number of carbonyl (C=O) groups excluding carboxylic acids is 2. The van der Waals surface area contributed by atoms with Gasteiger partial charge in [-0.1, -0.05) is 11.6 Å². The van der Waals surface area contributed by atoms with Gasteiger partial charge >= 0.3 is 0 Å². The van der Waals surface area contributed by atoms with Crippen LogP contribution in [0.2, 0.25) is 5.02 Å². The Labute approximate surface area is 164 Å². The summed E-state index contributed by atoms with van der Waals surface area (Å²) in [6, 6.07) is 11.3. The van der Waals surface area contributed by atoms with Crippen molar-refractivity contribution >= 4 is 34.8 Å². The van der Waals surface area contributed by atoms with E-state index in [9.17, 15) is 19.7 Å². The van der Waals surface area contributed by atoms with E-state index in [2.05, 4.69) is 10.6 Å². The molecule has 0 atom stereocenters. The number of halogens is 1. The van der Waals surface area contributed by atoms with Crippen LogP contribution in [0, 0.1) is 21.4 Å². The number of anilines is 1. The fourth-order valence-corrected chi connectivity index (χ4v) is 2.18. The largest absolute Gasteiger partial charge is 0.494 e. The van der Waals surface area contributed by atoms with Gasteiger partial charge in [0.2, 0.25) is 0 Å². The van der Waals surface area contributed by atoms with Crippen LogP contribution in [0.4, 0.5) is 11.4 Å². The smallest absolute Gasteiger partial charge is 0.273 e. The second-order valence-electron chi connectivity index (χ2n) is 5.25. The fourth-order valence-electron chi connectivity index (χ4n) is 2.06. The molecule has 0 saturated heterocycles. The minimum absolute atomic E-state index is 0.139. The van der Waals surface area contributed by atoms with Gasteiger partial charge in [0, 0.05) is 22.9 Å². The maximum absolute atomic E-state index is 12.1. The molecular weight excluding hydrogens is 388 g/mol. The van der Waals surface area contributed by atoms with Gasteiger partial charge in [0.05, 0.1) is 23.8 Å².